The van der Waals surface area contributed by atoms with Crippen LogP contribution in [0.5, 0.6) is 5.75 Å². The van der Waals surface area contributed by atoms with E-state index in [-0.39, 0.29) is 5.91 Å². The molecule has 0 atom stereocenters. The van der Waals surface area contributed by atoms with Crippen molar-refractivity contribution in [3.8, 4) is 17.1 Å². The number of imidazole rings is 1. The molecule has 174 valence electrons. The highest BCUT2D eigenvalue weighted by Gasteiger charge is 2.10. The molecule has 0 fully saturated rings. The van der Waals surface area contributed by atoms with Gasteiger partial charge in [0.15, 0.2) is 0 Å². The van der Waals surface area contributed by atoms with Crippen LogP contribution in [0.2, 0.25) is 0 Å². The lowest BCUT2D eigenvalue weighted by Gasteiger charge is -2.10. The van der Waals surface area contributed by atoms with E-state index in [9.17, 15) is 4.79 Å². The molecule has 0 spiro atoms. The number of para-hydroxylation sites is 2. The first-order valence-electron chi connectivity index (χ1n) is 11.1. The summed E-state index contributed by atoms with van der Waals surface area (Å²) in [5.74, 6) is 1.36. The Balaban J connectivity index is 1.17. The number of aromatic nitrogens is 2. The van der Waals surface area contributed by atoms with Crippen LogP contribution >= 0.6 is 15.9 Å². The van der Waals surface area contributed by atoms with Crippen LogP contribution in [0.1, 0.15) is 15.9 Å². The summed E-state index contributed by atoms with van der Waals surface area (Å²) in [4.78, 5) is 20.6. The van der Waals surface area contributed by atoms with Crippen LogP contribution in [0, 0.1) is 0 Å². The molecule has 0 saturated heterocycles. The molecule has 6 nitrogen and oxygen atoms in total. The Morgan fingerprint density at radius 3 is 2.40 bits per heavy atom. The molecule has 35 heavy (non-hydrogen) atoms. The van der Waals surface area contributed by atoms with Gasteiger partial charge in [-0.3, -0.25) is 4.79 Å². The molecule has 0 aliphatic heterocycles. The average Bonchev–Trinajstić information content (AvgIpc) is 3.33. The maximum Gasteiger partial charge on any atom is 0.255 e. The smallest absolute Gasteiger partial charge is 0.255 e. The van der Waals surface area contributed by atoms with E-state index in [1.54, 1.807) is 25.3 Å². The number of hydrogen-bond acceptors (Lipinski definition) is 4. The molecule has 0 radical (unpaired) electrons. The lowest BCUT2D eigenvalue weighted by Crippen LogP contribution is -2.12. The number of nitrogens with zero attached hydrogens (tertiary/aromatic N) is 1. The normalized spacial score (nSPS) is 10.8. The van der Waals surface area contributed by atoms with Gasteiger partial charge in [0.2, 0.25) is 0 Å². The predicted molar refractivity (Wildman–Crippen MR) is 144 cm³/mol. The number of rotatable bonds is 7. The highest BCUT2D eigenvalue weighted by Crippen LogP contribution is 2.26. The van der Waals surface area contributed by atoms with E-state index < -0.39 is 0 Å². The number of amides is 1. The molecule has 5 rings (SSSR count). The zero-order chi connectivity index (χ0) is 24.2. The second-order valence-electron chi connectivity index (χ2n) is 8.03. The Labute approximate surface area is 211 Å². The summed E-state index contributed by atoms with van der Waals surface area (Å²) in [5, 5.41) is 6.36. The van der Waals surface area contributed by atoms with Gasteiger partial charge < -0.3 is 20.4 Å². The molecule has 4 aromatic carbocycles. The number of carbonyl (C=O) groups excluding carboxylic acids is 1. The number of anilines is 2. The zero-order valence-corrected chi connectivity index (χ0v) is 20.6. The van der Waals surface area contributed by atoms with Crippen LogP contribution in [-0.4, -0.2) is 23.0 Å². The molecule has 7 heteroatoms. The Kier molecular flexibility index (Phi) is 6.50. The molecule has 0 aliphatic carbocycles. The molecule has 0 saturated carbocycles. The van der Waals surface area contributed by atoms with Gasteiger partial charge in [0.1, 0.15) is 11.6 Å². The summed E-state index contributed by atoms with van der Waals surface area (Å²) >= 11 is 3.41. The number of hydrogen-bond donors (Lipinski definition) is 3. The molecule has 1 heterocycles. The molecule has 0 unspecified atom stereocenters. The van der Waals surface area contributed by atoms with E-state index in [0.29, 0.717) is 17.9 Å². The van der Waals surface area contributed by atoms with Gasteiger partial charge in [0, 0.05) is 29.0 Å². The number of ether oxygens (including phenoxy) is 1. The van der Waals surface area contributed by atoms with Gasteiger partial charge in [-0.25, -0.2) is 4.98 Å². The number of fused-ring (bicyclic) bond motifs is 1. The number of H-pyrrole nitrogens is 1. The van der Waals surface area contributed by atoms with Crippen molar-refractivity contribution < 1.29 is 9.53 Å². The summed E-state index contributed by atoms with van der Waals surface area (Å²) in [5.41, 5.74) is 6.44. The Morgan fingerprint density at radius 1 is 0.943 bits per heavy atom. The monoisotopic (exact) mass is 526 g/mol. The van der Waals surface area contributed by atoms with Gasteiger partial charge >= 0.3 is 0 Å². The summed E-state index contributed by atoms with van der Waals surface area (Å²) < 4.78 is 5.95. The van der Waals surface area contributed by atoms with Crippen molar-refractivity contribution in [2.75, 3.05) is 17.7 Å². The lowest BCUT2D eigenvalue weighted by atomic mass is 10.1. The van der Waals surface area contributed by atoms with E-state index in [1.807, 2.05) is 60.7 Å². The molecule has 1 amide bonds. The van der Waals surface area contributed by atoms with Crippen LogP contribution in [0.25, 0.3) is 22.4 Å². The molecule has 5 aromatic rings. The zero-order valence-electron chi connectivity index (χ0n) is 19.0. The SMILES string of the molecule is COc1ccc(C(=O)Nc2ccc(CNc3ccc(-c4nc5ccccc5[nH]4)cc3)cc2)cc1Br. The van der Waals surface area contributed by atoms with Gasteiger partial charge in [0.25, 0.3) is 5.91 Å². The minimum atomic E-state index is -0.177. The highest BCUT2D eigenvalue weighted by atomic mass is 79.9. The van der Waals surface area contributed by atoms with Gasteiger partial charge in [-0.05, 0) is 88.2 Å². The molecule has 3 N–H and O–H groups in total. The fourth-order valence-corrected chi connectivity index (χ4v) is 4.30. The second-order valence-corrected chi connectivity index (χ2v) is 8.89. The van der Waals surface area contributed by atoms with Crippen molar-refractivity contribution >= 4 is 44.2 Å². The van der Waals surface area contributed by atoms with Crippen molar-refractivity contribution in [3.63, 3.8) is 0 Å². The predicted octanol–water partition coefficient (Wildman–Crippen LogP) is 6.87. The van der Waals surface area contributed by atoms with E-state index in [0.717, 1.165) is 43.8 Å². The fourth-order valence-electron chi connectivity index (χ4n) is 3.76. The number of halogens is 1. The summed E-state index contributed by atoms with van der Waals surface area (Å²) in [7, 11) is 1.59. The van der Waals surface area contributed by atoms with Gasteiger partial charge in [-0.15, -0.1) is 0 Å². The third-order valence-corrected chi connectivity index (χ3v) is 6.29. The molecule has 0 aliphatic rings. The first kappa shape index (κ1) is 22.7. The minimum absolute atomic E-state index is 0.177. The van der Waals surface area contributed by atoms with Crippen molar-refractivity contribution in [2.24, 2.45) is 0 Å². The third kappa shape index (κ3) is 5.20. The maximum absolute atomic E-state index is 12.6. The Bertz CT molecular complexity index is 1440. The van der Waals surface area contributed by atoms with Crippen LogP contribution in [0.4, 0.5) is 11.4 Å². The average molecular weight is 527 g/mol. The Hall–Kier alpha value is -4.10. The van der Waals surface area contributed by atoms with Gasteiger partial charge in [0.05, 0.1) is 22.6 Å². The van der Waals surface area contributed by atoms with Crippen molar-refractivity contribution in [1.82, 2.24) is 9.97 Å². The quantitative estimate of drug-likeness (QED) is 0.216. The topological polar surface area (TPSA) is 79.0 Å². The van der Waals surface area contributed by atoms with E-state index in [2.05, 4.69) is 48.7 Å². The number of nitrogens with one attached hydrogen (secondary N) is 3. The first-order valence-corrected chi connectivity index (χ1v) is 11.9. The van der Waals surface area contributed by atoms with Gasteiger partial charge in [-0.2, -0.15) is 0 Å². The number of methoxy groups -OCH3 is 1. The fraction of sp³-hybridized carbons (Fsp3) is 0.0714. The van der Waals surface area contributed by atoms with Crippen LogP contribution in [0.3, 0.4) is 0 Å². The summed E-state index contributed by atoms with van der Waals surface area (Å²) in [6.45, 7) is 0.670. The largest absolute Gasteiger partial charge is 0.496 e. The minimum Gasteiger partial charge on any atom is -0.496 e. The molecule has 0 bridgehead atoms. The number of benzene rings is 4. The van der Waals surface area contributed by atoms with Crippen LogP contribution in [-0.2, 0) is 6.54 Å². The summed E-state index contributed by atoms with van der Waals surface area (Å²) in [6, 6.07) is 29.2. The van der Waals surface area contributed by atoms with E-state index >= 15 is 0 Å². The van der Waals surface area contributed by atoms with Crippen molar-refractivity contribution in [2.45, 2.75) is 6.54 Å². The molecular weight excluding hydrogens is 504 g/mol. The van der Waals surface area contributed by atoms with Crippen molar-refractivity contribution in [1.29, 1.82) is 0 Å². The summed E-state index contributed by atoms with van der Waals surface area (Å²) in [6.07, 6.45) is 0. The lowest BCUT2D eigenvalue weighted by molar-refractivity contribution is 0.102. The molecular formula is C28H23BrN4O2. The van der Waals surface area contributed by atoms with E-state index in [4.69, 9.17) is 4.74 Å². The number of aromatic amines is 1. The highest BCUT2D eigenvalue weighted by molar-refractivity contribution is 9.10. The third-order valence-electron chi connectivity index (χ3n) is 5.67. The van der Waals surface area contributed by atoms with Crippen molar-refractivity contribution in [3.05, 3.63) is 107 Å². The number of carbonyl (C=O) groups is 1. The Morgan fingerprint density at radius 2 is 1.69 bits per heavy atom. The molecule has 1 aromatic heterocycles. The second kappa shape index (κ2) is 10.0. The standard InChI is InChI=1S/C28H23BrN4O2/c1-35-26-15-10-20(16-23(26)29)28(34)31-22-11-6-18(7-12-22)17-30-21-13-8-19(9-14-21)27-32-24-4-2-3-5-25(24)33-27/h2-16,30H,17H2,1H3,(H,31,34)(H,32,33). The van der Waals surface area contributed by atoms with E-state index in [1.165, 1.54) is 0 Å². The maximum atomic E-state index is 12.6. The first-order chi connectivity index (χ1) is 17.1. The van der Waals surface area contributed by atoms with Gasteiger partial charge in [-0.1, -0.05) is 24.3 Å². The van der Waals surface area contributed by atoms with Crippen LogP contribution in [0.15, 0.2) is 95.5 Å². The van der Waals surface area contributed by atoms with Crippen LogP contribution < -0.4 is 15.4 Å².